The van der Waals surface area contributed by atoms with Gasteiger partial charge in [-0.15, -0.1) is 0 Å². The van der Waals surface area contributed by atoms with E-state index in [0.717, 1.165) is 28.7 Å². The Morgan fingerprint density at radius 1 is 1.09 bits per heavy atom. The molecule has 0 spiro atoms. The molecule has 0 atom stereocenters. The summed E-state index contributed by atoms with van der Waals surface area (Å²) in [5.41, 5.74) is 3.06. The number of halogens is 1. The molecule has 0 aliphatic rings. The van der Waals surface area contributed by atoms with Gasteiger partial charge in [0.05, 0.1) is 12.1 Å². The molecule has 22 heavy (non-hydrogen) atoms. The van der Waals surface area contributed by atoms with E-state index in [1.54, 1.807) is 6.20 Å². The maximum absolute atomic E-state index is 6.00. The van der Waals surface area contributed by atoms with Crippen molar-refractivity contribution in [3.8, 4) is 0 Å². The summed E-state index contributed by atoms with van der Waals surface area (Å²) in [5, 5.41) is 5.16. The molecule has 1 N–H and O–H groups in total. The number of fused-ring (bicyclic) bond motifs is 1. The first-order valence-electron chi connectivity index (χ1n) is 7.16. The Kier molecular flexibility index (Phi) is 4.66. The van der Waals surface area contributed by atoms with Crippen LogP contribution >= 0.6 is 11.6 Å². The molecule has 0 unspecified atom stereocenters. The molecule has 0 aliphatic carbocycles. The fourth-order valence-electron chi connectivity index (χ4n) is 2.24. The number of aromatic nitrogens is 1. The van der Waals surface area contributed by atoms with Crippen molar-refractivity contribution in [3.63, 3.8) is 0 Å². The molecule has 0 fully saturated rings. The summed E-state index contributed by atoms with van der Waals surface area (Å²) in [7, 11) is 0. The first-order valence-corrected chi connectivity index (χ1v) is 7.54. The normalized spacial score (nSPS) is 11.1. The lowest BCUT2D eigenvalue weighted by Crippen LogP contribution is -2.05. The van der Waals surface area contributed by atoms with E-state index in [9.17, 15) is 0 Å². The number of benzene rings is 2. The Morgan fingerprint density at radius 3 is 2.82 bits per heavy atom. The van der Waals surface area contributed by atoms with Crippen LogP contribution in [0.3, 0.4) is 0 Å². The topological polar surface area (TPSA) is 37.3 Å². The van der Waals surface area contributed by atoms with E-state index in [0.29, 0.717) is 11.6 Å². The molecule has 1 heterocycles. The fraction of sp³-hybridized carbons (Fsp3) is 0.111. The monoisotopic (exact) mass is 309 g/mol. The van der Waals surface area contributed by atoms with Crippen LogP contribution in [0.25, 0.3) is 10.9 Å². The van der Waals surface area contributed by atoms with Crippen LogP contribution in [0, 0.1) is 0 Å². The SMILES string of the molecule is Clc1ccc2c(NCCN=Cc3ccccc3)ccnc2c1. The van der Waals surface area contributed by atoms with Gasteiger partial charge in [-0.05, 0) is 29.8 Å². The average Bonchev–Trinajstić information content (AvgIpc) is 2.55. The third-order valence-electron chi connectivity index (χ3n) is 3.30. The highest BCUT2D eigenvalue weighted by Crippen LogP contribution is 2.24. The van der Waals surface area contributed by atoms with Gasteiger partial charge in [-0.2, -0.15) is 0 Å². The van der Waals surface area contributed by atoms with Gasteiger partial charge in [0.25, 0.3) is 0 Å². The molecule has 4 heteroatoms. The number of nitrogens with one attached hydrogen (secondary N) is 1. The summed E-state index contributed by atoms with van der Waals surface area (Å²) in [6, 6.07) is 17.8. The van der Waals surface area contributed by atoms with Gasteiger partial charge >= 0.3 is 0 Å². The number of hydrogen-bond donors (Lipinski definition) is 1. The van der Waals surface area contributed by atoms with Gasteiger partial charge in [-0.25, -0.2) is 0 Å². The molecule has 0 aliphatic heterocycles. The van der Waals surface area contributed by atoms with Crippen molar-refractivity contribution in [1.82, 2.24) is 4.98 Å². The van der Waals surface area contributed by atoms with Crippen LogP contribution < -0.4 is 5.32 Å². The lowest BCUT2D eigenvalue weighted by atomic mass is 10.2. The first kappa shape index (κ1) is 14.5. The van der Waals surface area contributed by atoms with E-state index in [-0.39, 0.29) is 0 Å². The lowest BCUT2D eigenvalue weighted by Gasteiger charge is -2.08. The Balaban J connectivity index is 1.61. The summed E-state index contributed by atoms with van der Waals surface area (Å²) < 4.78 is 0. The van der Waals surface area contributed by atoms with Crippen molar-refractivity contribution in [1.29, 1.82) is 0 Å². The second-order valence-electron chi connectivity index (χ2n) is 4.89. The molecule has 0 bridgehead atoms. The van der Waals surface area contributed by atoms with E-state index < -0.39 is 0 Å². The van der Waals surface area contributed by atoms with Gasteiger partial charge in [0, 0.05) is 35.1 Å². The maximum atomic E-state index is 6.00. The van der Waals surface area contributed by atoms with E-state index in [1.165, 1.54) is 0 Å². The molecule has 3 nitrogen and oxygen atoms in total. The largest absolute Gasteiger partial charge is 0.383 e. The molecule has 110 valence electrons. The maximum Gasteiger partial charge on any atom is 0.0737 e. The van der Waals surface area contributed by atoms with Gasteiger partial charge < -0.3 is 5.32 Å². The predicted molar refractivity (Wildman–Crippen MR) is 94.1 cm³/mol. The van der Waals surface area contributed by atoms with Crippen LogP contribution in [-0.2, 0) is 0 Å². The van der Waals surface area contributed by atoms with E-state index in [1.807, 2.05) is 60.8 Å². The van der Waals surface area contributed by atoms with E-state index in [2.05, 4.69) is 15.3 Å². The quantitative estimate of drug-likeness (QED) is 0.559. The van der Waals surface area contributed by atoms with Gasteiger partial charge in [0.2, 0.25) is 0 Å². The van der Waals surface area contributed by atoms with Crippen molar-refractivity contribution in [2.24, 2.45) is 4.99 Å². The first-order chi connectivity index (χ1) is 10.8. The van der Waals surface area contributed by atoms with Gasteiger partial charge in [-0.3, -0.25) is 9.98 Å². The zero-order valence-corrected chi connectivity index (χ0v) is 12.8. The second kappa shape index (κ2) is 7.05. The average molecular weight is 310 g/mol. The van der Waals surface area contributed by atoms with Crippen molar-refractivity contribution >= 4 is 34.4 Å². The van der Waals surface area contributed by atoms with Gasteiger partial charge in [-0.1, -0.05) is 41.9 Å². The number of aliphatic imine (C=N–C) groups is 1. The molecule has 1 aromatic heterocycles. The zero-order valence-electron chi connectivity index (χ0n) is 12.0. The summed E-state index contributed by atoms with van der Waals surface area (Å²) >= 11 is 6.00. The molecule has 2 aromatic carbocycles. The van der Waals surface area contributed by atoms with Crippen LogP contribution in [-0.4, -0.2) is 24.3 Å². The third-order valence-corrected chi connectivity index (χ3v) is 3.54. The highest BCUT2D eigenvalue weighted by molar-refractivity contribution is 6.31. The molecule has 0 saturated heterocycles. The Labute approximate surface area is 134 Å². The Hall–Kier alpha value is -2.39. The number of nitrogens with zero attached hydrogens (tertiary/aromatic N) is 2. The highest BCUT2D eigenvalue weighted by atomic mass is 35.5. The Bertz CT molecular complexity index is 785. The van der Waals surface area contributed by atoms with Gasteiger partial charge in [0.15, 0.2) is 0 Å². The summed E-state index contributed by atoms with van der Waals surface area (Å²) in [6.07, 6.45) is 3.68. The van der Waals surface area contributed by atoms with Crippen LogP contribution in [0.2, 0.25) is 5.02 Å². The molecular weight excluding hydrogens is 294 g/mol. The minimum Gasteiger partial charge on any atom is -0.383 e. The van der Waals surface area contributed by atoms with E-state index in [4.69, 9.17) is 11.6 Å². The number of hydrogen-bond acceptors (Lipinski definition) is 3. The highest BCUT2D eigenvalue weighted by Gasteiger charge is 2.01. The molecule has 0 radical (unpaired) electrons. The van der Waals surface area contributed by atoms with E-state index >= 15 is 0 Å². The van der Waals surface area contributed by atoms with Crippen molar-refractivity contribution in [2.45, 2.75) is 0 Å². The minimum absolute atomic E-state index is 0.699. The van der Waals surface area contributed by atoms with Crippen LogP contribution in [0.15, 0.2) is 65.8 Å². The minimum atomic E-state index is 0.699. The Morgan fingerprint density at radius 2 is 1.95 bits per heavy atom. The van der Waals surface area contributed by atoms with Crippen molar-refractivity contribution < 1.29 is 0 Å². The second-order valence-corrected chi connectivity index (χ2v) is 5.33. The number of pyridine rings is 1. The summed E-state index contributed by atoms with van der Waals surface area (Å²) in [5.74, 6) is 0. The summed E-state index contributed by atoms with van der Waals surface area (Å²) in [4.78, 5) is 8.76. The van der Waals surface area contributed by atoms with Crippen LogP contribution in [0.4, 0.5) is 5.69 Å². The van der Waals surface area contributed by atoms with Crippen LogP contribution in [0.1, 0.15) is 5.56 Å². The smallest absolute Gasteiger partial charge is 0.0737 e. The van der Waals surface area contributed by atoms with Crippen molar-refractivity contribution in [3.05, 3.63) is 71.4 Å². The molecule has 3 rings (SSSR count). The number of rotatable bonds is 5. The molecular formula is C18H16ClN3. The molecule has 0 saturated carbocycles. The summed E-state index contributed by atoms with van der Waals surface area (Å²) in [6.45, 7) is 1.48. The standard InChI is InChI=1S/C18H16ClN3/c19-15-6-7-16-17(8-9-21-18(16)12-15)22-11-10-20-13-14-4-2-1-3-5-14/h1-9,12-13H,10-11H2,(H,21,22). The third kappa shape index (κ3) is 3.62. The zero-order chi connectivity index (χ0) is 15.2. The fourth-order valence-corrected chi connectivity index (χ4v) is 2.41. The molecule has 3 aromatic rings. The predicted octanol–water partition coefficient (Wildman–Crippen LogP) is 4.42. The van der Waals surface area contributed by atoms with Gasteiger partial charge in [0.1, 0.15) is 0 Å². The van der Waals surface area contributed by atoms with Crippen LogP contribution in [0.5, 0.6) is 0 Å². The number of anilines is 1. The van der Waals surface area contributed by atoms with Crippen molar-refractivity contribution in [2.75, 3.05) is 18.4 Å². The lowest BCUT2D eigenvalue weighted by molar-refractivity contribution is 1.03. The molecule has 0 amide bonds.